The molecular weight excluding hydrogens is 514 g/mol. The van der Waals surface area contributed by atoms with Crippen molar-refractivity contribution in [2.24, 2.45) is 0 Å². The molecule has 1 aromatic rings. The molecule has 1 saturated heterocycles. The number of piperidine rings is 1. The summed E-state index contributed by atoms with van der Waals surface area (Å²) in [5.41, 5.74) is 0.298. The number of unbranched alkanes of at least 4 members (excludes halogenated alkanes) is 14. The van der Waals surface area contributed by atoms with Crippen molar-refractivity contribution in [2.45, 2.75) is 159 Å². The average Bonchev–Trinajstić information content (AvgIpc) is 3.32. The molecular formula is C35H53NO5. The lowest BCUT2D eigenvalue weighted by Crippen LogP contribution is -2.76. The summed E-state index contributed by atoms with van der Waals surface area (Å²) in [6.45, 7) is 3.08. The molecule has 1 aromatic carbocycles. The summed E-state index contributed by atoms with van der Waals surface area (Å²) in [4.78, 5) is 28.1. The predicted octanol–water partition coefficient (Wildman–Crippen LogP) is 7.21. The Morgan fingerprint density at radius 2 is 1.56 bits per heavy atom. The topological polar surface area (TPSA) is 76.1 Å². The fraction of sp³-hybridized carbons (Fsp3) is 0.771. The molecule has 2 fully saturated rings. The first-order valence-corrected chi connectivity index (χ1v) is 16.9. The first-order chi connectivity index (χ1) is 19.9. The van der Waals surface area contributed by atoms with Gasteiger partial charge in [-0.05, 0) is 50.9 Å². The van der Waals surface area contributed by atoms with E-state index in [1.54, 1.807) is 0 Å². The molecule has 1 saturated carbocycles. The highest BCUT2D eigenvalue weighted by molar-refractivity contribution is 5.90. The molecule has 228 valence electrons. The fourth-order valence-corrected chi connectivity index (χ4v) is 8.42. The lowest BCUT2D eigenvalue weighted by Gasteiger charge is -2.62. The number of ketones is 1. The van der Waals surface area contributed by atoms with E-state index in [9.17, 15) is 14.7 Å². The fourth-order valence-electron chi connectivity index (χ4n) is 8.42. The normalized spacial score (nSPS) is 27.9. The molecule has 1 spiro atoms. The van der Waals surface area contributed by atoms with Gasteiger partial charge in [0.1, 0.15) is 0 Å². The van der Waals surface area contributed by atoms with E-state index >= 15 is 0 Å². The van der Waals surface area contributed by atoms with Gasteiger partial charge in [-0.15, -0.1) is 0 Å². The number of ether oxygens (including phenoxy) is 2. The van der Waals surface area contributed by atoms with E-state index in [4.69, 9.17) is 9.47 Å². The van der Waals surface area contributed by atoms with Gasteiger partial charge in [0.05, 0.1) is 11.0 Å². The number of likely N-dealkylation sites (tertiary alicyclic amines) is 1. The summed E-state index contributed by atoms with van der Waals surface area (Å²) in [6.07, 6.45) is 21.2. The van der Waals surface area contributed by atoms with Crippen molar-refractivity contribution < 1.29 is 24.2 Å². The van der Waals surface area contributed by atoms with Crippen molar-refractivity contribution in [3.05, 3.63) is 23.3 Å². The number of Topliss-reactive ketones (excluding diaryl/α,β-unsaturated/α-hetero) is 1. The van der Waals surface area contributed by atoms with Crippen molar-refractivity contribution in [2.75, 3.05) is 13.6 Å². The maximum absolute atomic E-state index is 13.1. The second kappa shape index (κ2) is 13.6. The third kappa shape index (κ3) is 5.98. The standard InChI is InChI=1S/C35H53NO5/c1-3-4-5-6-7-8-9-10-11-12-13-14-15-16-17-18-30(38)40-28-20-19-26-25-29-35(39)22-21-27(37)33-34(35,23-24-36(29)2)31(26)32(28)41-33/h19-20,29,33,39H,3-18,21-25H2,1-2H3/t29-,33+,34+,35-/m1/s1. The largest absolute Gasteiger partial charge is 0.477 e. The molecule has 0 radical (unpaired) electrons. The van der Waals surface area contributed by atoms with Crippen LogP contribution in [0.3, 0.4) is 0 Å². The quantitative estimate of drug-likeness (QED) is 0.122. The summed E-state index contributed by atoms with van der Waals surface area (Å²) >= 11 is 0. The van der Waals surface area contributed by atoms with Crippen LogP contribution in [-0.2, 0) is 21.4 Å². The van der Waals surface area contributed by atoms with Crippen molar-refractivity contribution in [3.8, 4) is 11.5 Å². The number of nitrogens with zero attached hydrogens (tertiary/aromatic N) is 1. The molecule has 5 rings (SSSR count). The summed E-state index contributed by atoms with van der Waals surface area (Å²) in [5.74, 6) is 0.739. The Balaban J connectivity index is 1.04. The van der Waals surface area contributed by atoms with Crippen molar-refractivity contribution in [1.29, 1.82) is 0 Å². The molecule has 0 unspecified atom stereocenters. The van der Waals surface area contributed by atoms with Crippen LogP contribution in [0.2, 0.25) is 0 Å². The number of esters is 1. The monoisotopic (exact) mass is 567 g/mol. The maximum Gasteiger partial charge on any atom is 0.311 e. The van der Waals surface area contributed by atoms with Crippen LogP contribution in [0.4, 0.5) is 0 Å². The molecule has 6 heteroatoms. The van der Waals surface area contributed by atoms with Gasteiger partial charge < -0.3 is 19.5 Å². The summed E-state index contributed by atoms with van der Waals surface area (Å²) < 4.78 is 12.2. The highest BCUT2D eigenvalue weighted by Gasteiger charge is 2.72. The smallest absolute Gasteiger partial charge is 0.311 e. The first-order valence-electron chi connectivity index (χ1n) is 16.9. The average molecular weight is 568 g/mol. The molecule has 41 heavy (non-hydrogen) atoms. The molecule has 2 aliphatic carbocycles. The molecule has 4 aliphatic rings. The van der Waals surface area contributed by atoms with Gasteiger partial charge in [-0.3, -0.25) is 9.59 Å². The number of hydrogen-bond acceptors (Lipinski definition) is 6. The lowest BCUT2D eigenvalue weighted by atomic mass is 9.49. The van der Waals surface area contributed by atoms with Gasteiger partial charge in [-0.2, -0.15) is 0 Å². The number of benzene rings is 1. The van der Waals surface area contributed by atoms with Crippen LogP contribution in [0, 0.1) is 0 Å². The van der Waals surface area contributed by atoms with Gasteiger partial charge in [0.25, 0.3) is 0 Å². The van der Waals surface area contributed by atoms with E-state index in [-0.39, 0.29) is 17.8 Å². The minimum absolute atomic E-state index is 0.0348. The van der Waals surface area contributed by atoms with Gasteiger partial charge in [0.15, 0.2) is 23.4 Å². The molecule has 1 N–H and O–H groups in total. The van der Waals surface area contributed by atoms with Gasteiger partial charge in [-0.25, -0.2) is 0 Å². The Bertz CT molecular complexity index is 1070. The maximum atomic E-state index is 13.1. The van der Waals surface area contributed by atoms with Gasteiger partial charge in [-0.1, -0.05) is 103 Å². The Morgan fingerprint density at radius 3 is 2.20 bits per heavy atom. The van der Waals surface area contributed by atoms with Crippen LogP contribution in [0.15, 0.2) is 12.1 Å². The van der Waals surface area contributed by atoms with Crippen LogP contribution in [0.25, 0.3) is 0 Å². The lowest BCUT2D eigenvalue weighted by molar-refractivity contribution is -0.185. The third-order valence-electron chi connectivity index (χ3n) is 10.7. The van der Waals surface area contributed by atoms with Gasteiger partial charge >= 0.3 is 5.97 Å². The molecule has 2 bridgehead atoms. The van der Waals surface area contributed by atoms with Crippen LogP contribution < -0.4 is 9.47 Å². The summed E-state index contributed by atoms with van der Waals surface area (Å²) in [5, 5.41) is 12.1. The van der Waals surface area contributed by atoms with Crippen LogP contribution in [0.1, 0.15) is 140 Å². The SMILES string of the molecule is CCCCCCCCCCCCCCCCCC(=O)Oc1ccc2c3c1O[C@H]1C(=O)CC[C@@]4(O)[C@@H](C2)N(C)CC[C@]314. The number of rotatable bonds is 17. The third-order valence-corrected chi connectivity index (χ3v) is 10.7. The summed E-state index contributed by atoms with van der Waals surface area (Å²) in [6, 6.07) is 3.82. The molecule has 0 aromatic heterocycles. The van der Waals surface area contributed by atoms with E-state index in [0.29, 0.717) is 43.6 Å². The van der Waals surface area contributed by atoms with Gasteiger partial charge in [0, 0.05) is 24.4 Å². The summed E-state index contributed by atoms with van der Waals surface area (Å²) in [7, 11) is 2.07. The second-order valence-corrected chi connectivity index (χ2v) is 13.4. The minimum Gasteiger partial charge on any atom is -0.477 e. The minimum atomic E-state index is -1.01. The first kappa shape index (κ1) is 30.5. The number of carbonyl (C=O) groups excluding carboxylic acids is 2. The second-order valence-electron chi connectivity index (χ2n) is 13.4. The highest BCUT2D eigenvalue weighted by Crippen LogP contribution is 2.64. The Kier molecular flexibility index (Phi) is 10.1. The zero-order valence-corrected chi connectivity index (χ0v) is 25.7. The number of likely N-dealkylation sites (N-methyl/N-ethyl adjacent to an activating group) is 1. The van der Waals surface area contributed by atoms with Crippen LogP contribution in [-0.4, -0.2) is 53.1 Å². The highest BCUT2D eigenvalue weighted by atomic mass is 16.6. The molecule has 4 atom stereocenters. The number of aliphatic hydroxyl groups is 1. The molecule has 2 aliphatic heterocycles. The Morgan fingerprint density at radius 1 is 0.951 bits per heavy atom. The Hall–Kier alpha value is -1.92. The predicted molar refractivity (Wildman–Crippen MR) is 162 cm³/mol. The van der Waals surface area contributed by atoms with Crippen molar-refractivity contribution in [1.82, 2.24) is 4.90 Å². The van der Waals surface area contributed by atoms with E-state index in [1.165, 1.54) is 83.5 Å². The van der Waals surface area contributed by atoms with E-state index in [0.717, 1.165) is 30.5 Å². The zero-order valence-electron chi connectivity index (χ0n) is 25.7. The molecule has 0 amide bonds. The molecule has 2 heterocycles. The van der Waals surface area contributed by atoms with Crippen LogP contribution >= 0.6 is 0 Å². The van der Waals surface area contributed by atoms with Crippen LogP contribution in [0.5, 0.6) is 11.5 Å². The number of carbonyl (C=O) groups is 2. The van der Waals surface area contributed by atoms with Crippen molar-refractivity contribution >= 4 is 11.8 Å². The van der Waals surface area contributed by atoms with E-state index < -0.39 is 17.1 Å². The van der Waals surface area contributed by atoms with Gasteiger partial charge in [0.2, 0.25) is 0 Å². The van der Waals surface area contributed by atoms with E-state index in [1.807, 2.05) is 12.1 Å². The van der Waals surface area contributed by atoms with E-state index in [2.05, 4.69) is 18.9 Å². The Labute approximate surface area is 247 Å². The number of hydrogen-bond donors (Lipinski definition) is 1. The van der Waals surface area contributed by atoms with Crippen molar-refractivity contribution in [3.63, 3.8) is 0 Å². The molecule has 6 nitrogen and oxygen atoms in total. The zero-order chi connectivity index (χ0) is 28.9.